The molecule has 1 fully saturated rings. The fourth-order valence-corrected chi connectivity index (χ4v) is 2.79. The molecule has 102 valence electrons. The number of hydrogen-bond donors (Lipinski definition) is 1. The van der Waals surface area contributed by atoms with E-state index in [1.165, 1.54) is 51.9 Å². The van der Waals surface area contributed by atoms with Crippen LogP contribution in [0, 0.1) is 11.8 Å². The number of likely N-dealkylation sites (N-methyl/N-ethyl adjacent to an activating group) is 1. The summed E-state index contributed by atoms with van der Waals surface area (Å²) in [5, 5.41) is 3.74. The van der Waals surface area contributed by atoms with Crippen LogP contribution >= 0.6 is 0 Å². The summed E-state index contributed by atoms with van der Waals surface area (Å²) in [5.41, 5.74) is 0. The van der Waals surface area contributed by atoms with Crippen molar-refractivity contribution >= 4 is 0 Å². The summed E-state index contributed by atoms with van der Waals surface area (Å²) in [6.45, 7) is 14.1. The smallest absolute Gasteiger partial charge is 0.0107 e. The summed E-state index contributed by atoms with van der Waals surface area (Å²) in [6, 6.07) is 0.795. The molecule has 2 heteroatoms. The van der Waals surface area contributed by atoms with Crippen LogP contribution in [0.4, 0.5) is 0 Å². The molecule has 0 unspecified atom stereocenters. The van der Waals surface area contributed by atoms with Crippen LogP contribution < -0.4 is 5.32 Å². The molecule has 17 heavy (non-hydrogen) atoms. The number of rotatable bonds is 7. The first-order valence-corrected chi connectivity index (χ1v) is 7.57. The van der Waals surface area contributed by atoms with Crippen molar-refractivity contribution in [1.82, 2.24) is 10.2 Å². The average molecular weight is 240 g/mol. The summed E-state index contributed by atoms with van der Waals surface area (Å²) in [6.07, 6.45) is 5.61. The van der Waals surface area contributed by atoms with Gasteiger partial charge in [0.25, 0.3) is 0 Å². The van der Waals surface area contributed by atoms with Crippen molar-refractivity contribution < 1.29 is 0 Å². The van der Waals surface area contributed by atoms with Crippen molar-refractivity contribution in [2.75, 3.05) is 26.2 Å². The lowest BCUT2D eigenvalue weighted by Crippen LogP contribution is -2.39. The van der Waals surface area contributed by atoms with Gasteiger partial charge in [-0.15, -0.1) is 0 Å². The Hall–Kier alpha value is -0.0800. The third-order valence-electron chi connectivity index (χ3n) is 3.95. The first kappa shape index (κ1) is 15.0. The molecule has 0 amide bonds. The van der Waals surface area contributed by atoms with Gasteiger partial charge in [-0.05, 0) is 44.1 Å². The SMILES string of the molecule is CCN(CCNC1CCC(C)CC1)CC(C)C. The van der Waals surface area contributed by atoms with Gasteiger partial charge in [0.15, 0.2) is 0 Å². The van der Waals surface area contributed by atoms with E-state index in [0.29, 0.717) is 0 Å². The lowest BCUT2D eigenvalue weighted by Gasteiger charge is -2.29. The van der Waals surface area contributed by atoms with Crippen molar-refractivity contribution in [1.29, 1.82) is 0 Å². The molecule has 1 saturated carbocycles. The van der Waals surface area contributed by atoms with E-state index in [1.807, 2.05) is 0 Å². The van der Waals surface area contributed by atoms with Gasteiger partial charge in [-0.25, -0.2) is 0 Å². The number of nitrogens with one attached hydrogen (secondary N) is 1. The van der Waals surface area contributed by atoms with Crippen LogP contribution in [0.15, 0.2) is 0 Å². The van der Waals surface area contributed by atoms with E-state index in [2.05, 4.69) is 37.9 Å². The van der Waals surface area contributed by atoms with Crippen molar-refractivity contribution in [3.8, 4) is 0 Å². The summed E-state index contributed by atoms with van der Waals surface area (Å²) in [5.74, 6) is 1.74. The van der Waals surface area contributed by atoms with Gasteiger partial charge in [-0.3, -0.25) is 0 Å². The summed E-state index contributed by atoms with van der Waals surface area (Å²) < 4.78 is 0. The van der Waals surface area contributed by atoms with E-state index in [0.717, 1.165) is 17.9 Å². The molecule has 0 bridgehead atoms. The van der Waals surface area contributed by atoms with Crippen molar-refractivity contribution in [2.24, 2.45) is 11.8 Å². The standard InChI is InChI=1S/C15H32N2/c1-5-17(12-13(2)3)11-10-16-15-8-6-14(4)7-9-15/h13-16H,5-12H2,1-4H3. The maximum absolute atomic E-state index is 3.74. The van der Waals surface area contributed by atoms with Crippen molar-refractivity contribution in [2.45, 2.75) is 59.4 Å². The van der Waals surface area contributed by atoms with Gasteiger partial charge in [0, 0.05) is 25.7 Å². The normalized spacial score (nSPS) is 25.8. The predicted molar refractivity (Wildman–Crippen MR) is 76.4 cm³/mol. The molecule has 0 spiro atoms. The van der Waals surface area contributed by atoms with Gasteiger partial charge in [-0.2, -0.15) is 0 Å². The Kier molecular flexibility index (Phi) is 7.14. The second kappa shape index (κ2) is 8.10. The van der Waals surface area contributed by atoms with Gasteiger partial charge < -0.3 is 10.2 Å². The number of hydrogen-bond acceptors (Lipinski definition) is 2. The maximum atomic E-state index is 3.74. The maximum Gasteiger partial charge on any atom is 0.0107 e. The molecule has 1 rings (SSSR count). The zero-order valence-electron chi connectivity index (χ0n) is 12.3. The Morgan fingerprint density at radius 2 is 1.82 bits per heavy atom. The van der Waals surface area contributed by atoms with E-state index < -0.39 is 0 Å². The molecule has 0 aromatic rings. The van der Waals surface area contributed by atoms with Crippen LogP contribution in [0.5, 0.6) is 0 Å². The Morgan fingerprint density at radius 1 is 1.18 bits per heavy atom. The molecule has 1 N–H and O–H groups in total. The zero-order valence-corrected chi connectivity index (χ0v) is 12.3. The molecular weight excluding hydrogens is 208 g/mol. The minimum absolute atomic E-state index is 0.783. The van der Waals surface area contributed by atoms with E-state index in [-0.39, 0.29) is 0 Å². The van der Waals surface area contributed by atoms with Gasteiger partial charge in [0.1, 0.15) is 0 Å². The Bertz CT molecular complexity index is 183. The van der Waals surface area contributed by atoms with Crippen LogP contribution in [0.3, 0.4) is 0 Å². The second-order valence-electron chi connectivity index (χ2n) is 6.20. The van der Waals surface area contributed by atoms with Gasteiger partial charge in [0.2, 0.25) is 0 Å². The third kappa shape index (κ3) is 6.42. The average Bonchev–Trinajstić information content (AvgIpc) is 2.30. The van der Waals surface area contributed by atoms with E-state index in [4.69, 9.17) is 0 Å². The number of nitrogens with zero attached hydrogens (tertiary/aromatic N) is 1. The van der Waals surface area contributed by atoms with Gasteiger partial charge >= 0.3 is 0 Å². The predicted octanol–water partition coefficient (Wildman–Crippen LogP) is 3.13. The minimum atomic E-state index is 0.783. The lowest BCUT2D eigenvalue weighted by atomic mass is 9.87. The molecule has 0 saturated heterocycles. The van der Waals surface area contributed by atoms with Crippen LogP contribution in [0.2, 0.25) is 0 Å². The fraction of sp³-hybridized carbons (Fsp3) is 1.00. The highest BCUT2D eigenvalue weighted by Gasteiger charge is 2.17. The van der Waals surface area contributed by atoms with E-state index in [1.54, 1.807) is 0 Å². The first-order chi connectivity index (χ1) is 8.11. The summed E-state index contributed by atoms with van der Waals surface area (Å²) in [7, 11) is 0. The molecule has 0 aliphatic heterocycles. The Morgan fingerprint density at radius 3 is 2.35 bits per heavy atom. The van der Waals surface area contributed by atoms with E-state index >= 15 is 0 Å². The van der Waals surface area contributed by atoms with Gasteiger partial charge in [0.05, 0.1) is 0 Å². The van der Waals surface area contributed by atoms with Crippen molar-refractivity contribution in [3.63, 3.8) is 0 Å². The third-order valence-corrected chi connectivity index (χ3v) is 3.95. The fourth-order valence-electron chi connectivity index (χ4n) is 2.79. The van der Waals surface area contributed by atoms with Crippen LogP contribution in [0.1, 0.15) is 53.4 Å². The molecule has 0 aromatic carbocycles. The molecule has 0 radical (unpaired) electrons. The quantitative estimate of drug-likeness (QED) is 0.735. The molecular formula is C15H32N2. The molecule has 0 heterocycles. The molecule has 1 aliphatic rings. The van der Waals surface area contributed by atoms with E-state index in [9.17, 15) is 0 Å². The minimum Gasteiger partial charge on any atom is -0.313 e. The molecule has 0 atom stereocenters. The largest absolute Gasteiger partial charge is 0.313 e. The topological polar surface area (TPSA) is 15.3 Å². The summed E-state index contributed by atoms with van der Waals surface area (Å²) >= 11 is 0. The molecule has 1 aliphatic carbocycles. The highest BCUT2D eigenvalue weighted by atomic mass is 15.1. The van der Waals surface area contributed by atoms with Crippen LogP contribution in [-0.2, 0) is 0 Å². The van der Waals surface area contributed by atoms with Crippen LogP contribution in [-0.4, -0.2) is 37.1 Å². The monoisotopic (exact) mass is 240 g/mol. The Balaban J connectivity index is 2.09. The Labute approximate surface area is 108 Å². The lowest BCUT2D eigenvalue weighted by molar-refractivity contribution is 0.241. The highest BCUT2D eigenvalue weighted by molar-refractivity contribution is 4.75. The summed E-state index contributed by atoms with van der Waals surface area (Å²) in [4.78, 5) is 2.56. The highest BCUT2D eigenvalue weighted by Crippen LogP contribution is 2.23. The second-order valence-corrected chi connectivity index (χ2v) is 6.20. The van der Waals surface area contributed by atoms with Crippen molar-refractivity contribution in [3.05, 3.63) is 0 Å². The zero-order chi connectivity index (χ0) is 12.7. The molecule has 0 aromatic heterocycles. The van der Waals surface area contributed by atoms with Crippen LogP contribution in [0.25, 0.3) is 0 Å². The molecule has 2 nitrogen and oxygen atoms in total. The first-order valence-electron chi connectivity index (χ1n) is 7.57. The van der Waals surface area contributed by atoms with Gasteiger partial charge in [-0.1, -0.05) is 27.7 Å².